The van der Waals surface area contributed by atoms with Crippen LogP contribution in [-0.4, -0.2) is 40.6 Å². The number of aryl methyl sites for hydroxylation is 2. The van der Waals surface area contributed by atoms with E-state index in [1.807, 2.05) is 42.9 Å². The highest BCUT2D eigenvalue weighted by Gasteiger charge is 2.33. The fraction of sp³-hybridized carbons (Fsp3) is 0.370. The van der Waals surface area contributed by atoms with Gasteiger partial charge in [-0.05, 0) is 68.8 Å². The molecule has 0 bridgehead atoms. The molecule has 0 radical (unpaired) electrons. The molecule has 6 nitrogen and oxygen atoms in total. The molecule has 0 saturated carbocycles. The summed E-state index contributed by atoms with van der Waals surface area (Å²) >= 11 is 0. The van der Waals surface area contributed by atoms with Gasteiger partial charge in [0.25, 0.3) is 0 Å². The van der Waals surface area contributed by atoms with Crippen molar-refractivity contribution in [3.63, 3.8) is 0 Å². The van der Waals surface area contributed by atoms with Gasteiger partial charge >= 0.3 is 0 Å². The van der Waals surface area contributed by atoms with Crippen LogP contribution in [0.1, 0.15) is 53.7 Å². The molecule has 0 saturated heterocycles. The van der Waals surface area contributed by atoms with Gasteiger partial charge in [-0.25, -0.2) is 0 Å². The zero-order chi connectivity index (χ0) is 23.7. The maximum absolute atomic E-state index is 13.4. The van der Waals surface area contributed by atoms with Crippen molar-refractivity contribution < 1.29 is 19.4 Å². The number of carbonyl (C=O) groups is 1. The van der Waals surface area contributed by atoms with Gasteiger partial charge in [0.15, 0.2) is 5.76 Å². The largest absolute Gasteiger partial charge is 0.507 e. The molecule has 0 fully saturated rings. The summed E-state index contributed by atoms with van der Waals surface area (Å²) in [6.45, 7) is 8.51. The molecule has 1 N–H and O–H groups in total. The predicted molar refractivity (Wildman–Crippen MR) is 131 cm³/mol. The lowest BCUT2D eigenvalue weighted by atomic mass is 9.99. The van der Waals surface area contributed by atoms with E-state index in [4.69, 9.17) is 9.47 Å². The number of nitrogens with zero attached hydrogens (tertiary/aromatic N) is 2. The lowest BCUT2D eigenvalue weighted by Gasteiger charge is -2.22. The van der Waals surface area contributed by atoms with Gasteiger partial charge in [0.05, 0.1) is 18.2 Å². The number of aromatic nitrogens is 1. The molecule has 3 aromatic rings. The fourth-order valence-corrected chi connectivity index (χ4v) is 4.64. The molecule has 1 aliphatic rings. The number of Topliss-reactive ketones (excluding diaryl/α,β-unsaturated/α-hetero) is 1. The summed E-state index contributed by atoms with van der Waals surface area (Å²) in [5.74, 6) is 1.53. The second kappa shape index (κ2) is 9.32. The second-order valence-electron chi connectivity index (χ2n) is 8.69. The van der Waals surface area contributed by atoms with Gasteiger partial charge in [0, 0.05) is 36.3 Å². The number of benzene rings is 2. The molecule has 2 heterocycles. The molecule has 33 heavy (non-hydrogen) atoms. The summed E-state index contributed by atoms with van der Waals surface area (Å²) in [5, 5.41) is 11.7. The Morgan fingerprint density at radius 1 is 1.18 bits per heavy atom. The number of fused-ring (bicyclic) bond motifs is 2. The molecule has 2 aromatic carbocycles. The van der Waals surface area contributed by atoms with E-state index in [1.165, 1.54) is 0 Å². The minimum absolute atomic E-state index is 0.152. The number of aromatic hydroxyl groups is 1. The number of methoxy groups -OCH3 is 1. The number of allylic oxidation sites excluding steroid dienone is 1. The maximum atomic E-state index is 13.4. The topological polar surface area (TPSA) is 63.9 Å². The van der Waals surface area contributed by atoms with Gasteiger partial charge in [0.1, 0.15) is 17.2 Å². The van der Waals surface area contributed by atoms with E-state index in [1.54, 1.807) is 19.3 Å². The van der Waals surface area contributed by atoms with E-state index < -0.39 is 0 Å². The van der Waals surface area contributed by atoms with Crippen molar-refractivity contribution in [1.82, 2.24) is 9.47 Å². The van der Waals surface area contributed by atoms with E-state index in [9.17, 15) is 9.90 Å². The summed E-state index contributed by atoms with van der Waals surface area (Å²) < 4.78 is 13.6. The Bertz CT molecular complexity index is 1230. The van der Waals surface area contributed by atoms with Crippen molar-refractivity contribution in [1.29, 1.82) is 0 Å². The van der Waals surface area contributed by atoms with Gasteiger partial charge in [-0.15, -0.1) is 0 Å². The first kappa shape index (κ1) is 22.9. The first-order valence-electron chi connectivity index (χ1n) is 11.5. The van der Waals surface area contributed by atoms with Gasteiger partial charge in [-0.3, -0.25) is 9.69 Å². The molecule has 0 spiro atoms. The van der Waals surface area contributed by atoms with Crippen LogP contribution >= 0.6 is 0 Å². The molecule has 0 amide bonds. The molecular weight excluding hydrogens is 416 g/mol. The Morgan fingerprint density at radius 2 is 1.91 bits per heavy atom. The SMILES string of the molecule is CCCN(CCC)Cc1c(O)cc(C)c2c1O/C(=C\c1cn(C)c3ccc(OC)cc13)C2=O. The van der Waals surface area contributed by atoms with Crippen LogP contribution in [0.25, 0.3) is 17.0 Å². The molecule has 0 atom stereocenters. The lowest BCUT2D eigenvalue weighted by Crippen LogP contribution is -2.25. The Hall–Kier alpha value is -3.25. The first-order chi connectivity index (χ1) is 15.9. The fourth-order valence-electron chi connectivity index (χ4n) is 4.64. The van der Waals surface area contributed by atoms with Crippen LogP contribution in [-0.2, 0) is 13.6 Å². The third kappa shape index (κ3) is 4.23. The quantitative estimate of drug-likeness (QED) is 0.465. The van der Waals surface area contributed by atoms with Crippen molar-refractivity contribution in [2.45, 2.75) is 40.2 Å². The molecule has 0 unspecified atom stereocenters. The van der Waals surface area contributed by atoms with Crippen LogP contribution in [0.5, 0.6) is 17.2 Å². The molecule has 6 heteroatoms. The average molecular weight is 449 g/mol. The Balaban J connectivity index is 1.76. The van der Waals surface area contributed by atoms with Crippen molar-refractivity contribution in [2.24, 2.45) is 7.05 Å². The maximum Gasteiger partial charge on any atom is 0.232 e. The Labute approximate surface area is 195 Å². The van der Waals surface area contributed by atoms with Crippen LogP contribution in [0.2, 0.25) is 0 Å². The van der Waals surface area contributed by atoms with E-state index in [0.717, 1.165) is 53.7 Å². The molecule has 0 aliphatic carbocycles. The molecular formula is C27H32N2O4. The van der Waals surface area contributed by atoms with Crippen LogP contribution in [0.3, 0.4) is 0 Å². The van der Waals surface area contributed by atoms with E-state index >= 15 is 0 Å². The minimum Gasteiger partial charge on any atom is -0.507 e. The highest BCUT2D eigenvalue weighted by molar-refractivity contribution is 6.16. The number of rotatable bonds is 8. The second-order valence-corrected chi connectivity index (χ2v) is 8.69. The zero-order valence-corrected chi connectivity index (χ0v) is 20.1. The van der Waals surface area contributed by atoms with Gasteiger partial charge < -0.3 is 19.1 Å². The predicted octanol–water partition coefficient (Wildman–Crippen LogP) is 5.44. The Morgan fingerprint density at radius 3 is 2.58 bits per heavy atom. The molecule has 1 aromatic heterocycles. The lowest BCUT2D eigenvalue weighted by molar-refractivity contribution is 0.101. The van der Waals surface area contributed by atoms with E-state index in [0.29, 0.717) is 23.4 Å². The van der Waals surface area contributed by atoms with Crippen molar-refractivity contribution in [3.8, 4) is 17.2 Å². The number of hydrogen-bond acceptors (Lipinski definition) is 5. The first-order valence-corrected chi connectivity index (χ1v) is 11.5. The summed E-state index contributed by atoms with van der Waals surface area (Å²) in [4.78, 5) is 15.7. The molecule has 174 valence electrons. The van der Waals surface area contributed by atoms with Crippen molar-refractivity contribution in [3.05, 3.63) is 58.5 Å². The number of ketones is 1. The molecule has 4 rings (SSSR count). The zero-order valence-electron chi connectivity index (χ0n) is 20.1. The van der Waals surface area contributed by atoms with Crippen molar-refractivity contribution >= 4 is 22.8 Å². The van der Waals surface area contributed by atoms with E-state index in [2.05, 4.69) is 18.7 Å². The number of hydrogen-bond donors (Lipinski definition) is 1. The highest BCUT2D eigenvalue weighted by Crippen LogP contribution is 2.42. The third-order valence-corrected chi connectivity index (χ3v) is 6.20. The summed E-state index contributed by atoms with van der Waals surface area (Å²) in [6.07, 6.45) is 5.81. The number of phenols is 1. The monoisotopic (exact) mass is 448 g/mol. The number of phenolic OH excluding ortho intramolecular Hbond substituents is 1. The van der Waals surface area contributed by atoms with Crippen LogP contribution in [0, 0.1) is 6.92 Å². The Kier molecular flexibility index (Phi) is 6.47. The van der Waals surface area contributed by atoms with Crippen LogP contribution in [0.15, 0.2) is 36.2 Å². The van der Waals surface area contributed by atoms with Crippen LogP contribution < -0.4 is 9.47 Å². The normalized spacial score (nSPS) is 14.4. The third-order valence-electron chi connectivity index (χ3n) is 6.20. The van der Waals surface area contributed by atoms with E-state index in [-0.39, 0.29) is 17.3 Å². The summed E-state index contributed by atoms with van der Waals surface area (Å²) in [6, 6.07) is 7.56. The minimum atomic E-state index is -0.152. The number of carbonyl (C=O) groups excluding carboxylic acids is 1. The summed E-state index contributed by atoms with van der Waals surface area (Å²) in [7, 11) is 3.61. The number of ether oxygens (including phenoxy) is 2. The summed E-state index contributed by atoms with van der Waals surface area (Å²) in [5.41, 5.74) is 3.85. The van der Waals surface area contributed by atoms with Gasteiger partial charge in [-0.1, -0.05) is 13.8 Å². The molecule has 1 aliphatic heterocycles. The van der Waals surface area contributed by atoms with Crippen molar-refractivity contribution in [2.75, 3.05) is 20.2 Å². The highest BCUT2D eigenvalue weighted by atomic mass is 16.5. The van der Waals surface area contributed by atoms with Gasteiger partial charge in [0.2, 0.25) is 5.78 Å². The van der Waals surface area contributed by atoms with Gasteiger partial charge in [-0.2, -0.15) is 0 Å². The average Bonchev–Trinajstić information content (AvgIpc) is 3.28. The standard InChI is InChI=1S/C27H32N2O4/c1-6-10-29(11-7-2)16-21-23(30)12-17(3)25-26(31)24(33-27(21)25)13-18-15-28(4)22-9-8-19(32-5)14-20(18)22/h8-9,12-15,30H,6-7,10-11,16H2,1-5H3/b24-13-. The smallest absolute Gasteiger partial charge is 0.232 e. The van der Waals surface area contributed by atoms with Crippen LogP contribution in [0.4, 0.5) is 0 Å².